The summed E-state index contributed by atoms with van der Waals surface area (Å²) in [6.45, 7) is 2.33. The van der Waals surface area contributed by atoms with E-state index in [4.69, 9.17) is 4.98 Å². The molecule has 1 fully saturated rings. The third-order valence-corrected chi connectivity index (χ3v) is 5.68. The number of nitrogens with one attached hydrogen (secondary N) is 1. The molecule has 3 heteroatoms. The number of anilines is 1. The Balaban J connectivity index is 1.53. The van der Waals surface area contributed by atoms with E-state index < -0.39 is 0 Å². The maximum absolute atomic E-state index is 5.00. The number of H-pyrrole nitrogens is 1. The molecule has 1 saturated heterocycles. The second-order valence-corrected chi connectivity index (χ2v) is 7.64. The maximum Gasteiger partial charge on any atom is 0.138 e. The highest BCUT2D eigenvalue weighted by Gasteiger charge is 2.16. The summed E-state index contributed by atoms with van der Waals surface area (Å²) >= 11 is 0. The number of benzene rings is 3. The monoisotopic (exact) mass is 379 g/mol. The summed E-state index contributed by atoms with van der Waals surface area (Å²) < 4.78 is 0. The highest BCUT2D eigenvalue weighted by atomic mass is 15.1. The van der Waals surface area contributed by atoms with Gasteiger partial charge in [0.15, 0.2) is 0 Å². The second-order valence-electron chi connectivity index (χ2n) is 7.64. The molecule has 3 nitrogen and oxygen atoms in total. The van der Waals surface area contributed by atoms with Crippen LogP contribution in [0.4, 0.5) is 5.69 Å². The van der Waals surface area contributed by atoms with Gasteiger partial charge in [0.05, 0.1) is 11.4 Å². The van der Waals surface area contributed by atoms with Gasteiger partial charge in [-0.25, -0.2) is 4.98 Å². The van der Waals surface area contributed by atoms with Gasteiger partial charge < -0.3 is 9.88 Å². The molecule has 0 aliphatic carbocycles. The standard InChI is InChI=1S/C26H25N3/c1-4-10-20(11-5-1)24-25(21-12-6-2-7-13-21)28-26(27-24)22-14-16-23(17-15-22)29-18-8-3-9-19-29/h1-2,4-7,10-17H,3,8-9,18-19H2,(H,27,28). The van der Waals surface area contributed by atoms with Gasteiger partial charge >= 0.3 is 0 Å². The third-order valence-electron chi connectivity index (χ3n) is 5.68. The summed E-state index contributed by atoms with van der Waals surface area (Å²) in [6, 6.07) is 29.7. The highest BCUT2D eigenvalue weighted by Crippen LogP contribution is 2.33. The molecule has 29 heavy (non-hydrogen) atoms. The Morgan fingerprint density at radius 1 is 0.621 bits per heavy atom. The van der Waals surface area contributed by atoms with Crippen molar-refractivity contribution in [3.05, 3.63) is 84.9 Å². The van der Waals surface area contributed by atoms with E-state index in [9.17, 15) is 0 Å². The van der Waals surface area contributed by atoms with Crippen molar-refractivity contribution in [3.63, 3.8) is 0 Å². The van der Waals surface area contributed by atoms with Gasteiger partial charge in [-0.3, -0.25) is 0 Å². The van der Waals surface area contributed by atoms with Crippen molar-refractivity contribution in [1.29, 1.82) is 0 Å². The number of nitrogens with zero attached hydrogens (tertiary/aromatic N) is 2. The number of imidazole rings is 1. The van der Waals surface area contributed by atoms with Gasteiger partial charge in [-0.1, -0.05) is 60.7 Å². The largest absolute Gasteiger partial charge is 0.372 e. The van der Waals surface area contributed by atoms with Gasteiger partial charge in [0.25, 0.3) is 0 Å². The van der Waals surface area contributed by atoms with Crippen molar-refractivity contribution < 1.29 is 0 Å². The summed E-state index contributed by atoms with van der Waals surface area (Å²) in [5.74, 6) is 0.910. The van der Waals surface area contributed by atoms with Crippen molar-refractivity contribution in [3.8, 4) is 33.9 Å². The number of piperidine rings is 1. The van der Waals surface area contributed by atoms with Crippen LogP contribution in [0.15, 0.2) is 84.9 Å². The summed E-state index contributed by atoms with van der Waals surface area (Å²) in [7, 11) is 0. The molecule has 0 spiro atoms. The van der Waals surface area contributed by atoms with Crippen molar-refractivity contribution >= 4 is 5.69 Å². The van der Waals surface area contributed by atoms with E-state index in [2.05, 4.69) is 82.7 Å². The second kappa shape index (κ2) is 7.96. The van der Waals surface area contributed by atoms with Gasteiger partial charge in [-0.2, -0.15) is 0 Å². The van der Waals surface area contributed by atoms with Crippen molar-refractivity contribution in [2.75, 3.05) is 18.0 Å². The predicted octanol–water partition coefficient (Wildman–Crippen LogP) is 6.40. The molecule has 144 valence electrons. The van der Waals surface area contributed by atoms with Gasteiger partial charge in [0.1, 0.15) is 5.82 Å². The quantitative estimate of drug-likeness (QED) is 0.445. The average molecular weight is 380 g/mol. The van der Waals surface area contributed by atoms with Gasteiger partial charge in [-0.15, -0.1) is 0 Å². The van der Waals surface area contributed by atoms with Crippen LogP contribution < -0.4 is 4.90 Å². The normalized spacial score (nSPS) is 14.1. The third kappa shape index (κ3) is 3.68. The molecular formula is C26H25N3. The summed E-state index contributed by atoms with van der Waals surface area (Å²) in [6.07, 6.45) is 3.94. The van der Waals surface area contributed by atoms with Crippen LogP contribution in [-0.2, 0) is 0 Å². The molecule has 1 N–H and O–H groups in total. The number of aromatic amines is 1. The van der Waals surface area contributed by atoms with Gasteiger partial charge in [0, 0.05) is 35.5 Å². The molecule has 3 aromatic carbocycles. The fourth-order valence-corrected chi connectivity index (χ4v) is 4.11. The van der Waals surface area contributed by atoms with E-state index in [-0.39, 0.29) is 0 Å². The highest BCUT2D eigenvalue weighted by molar-refractivity contribution is 5.81. The number of aromatic nitrogens is 2. The van der Waals surface area contributed by atoms with Gasteiger partial charge in [-0.05, 0) is 43.5 Å². The molecule has 0 radical (unpaired) electrons. The molecule has 1 aliphatic heterocycles. The lowest BCUT2D eigenvalue weighted by atomic mass is 10.1. The van der Waals surface area contributed by atoms with E-state index in [1.54, 1.807) is 0 Å². The van der Waals surface area contributed by atoms with Crippen molar-refractivity contribution in [1.82, 2.24) is 9.97 Å². The fourth-order valence-electron chi connectivity index (χ4n) is 4.11. The van der Waals surface area contributed by atoms with Crippen LogP contribution in [0.2, 0.25) is 0 Å². The van der Waals surface area contributed by atoms with Gasteiger partial charge in [0.2, 0.25) is 0 Å². The van der Waals surface area contributed by atoms with Crippen LogP contribution in [0.3, 0.4) is 0 Å². The van der Waals surface area contributed by atoms with Crippen LogP contribution >= 0.6 is 0 Å². The summed E-state index contributed by atoms with van der Waals surface area (Å²) in [4.78, 5) is 11.1. The molecule has 0 amide bonds. The Bertz CT molecular complexity index is 1000. The molecular weight excluding hydrogens is 354 g/mol. The van der Waals surface area contributed by atoms with E-state index in [1.807, 2.05) is 12.1 Å². The van der Waals surface area contributed by atoms with Crippen LogP contribution in [0.5, 0.6) is 0 Å². The first-order valence-electron chi connectivity index (χ1n) is 10.4. The average Bonchev–Trinajstić information content (AvgIpc) is 3.27. The Morgan fingerprint density at radius 3 is 1.90 bits per heavy atom. The Kier molecular flexibility index (Phi) is 4.87. The molecule has 5 rings (SSSR count). The number of hydrogen-bond acceptors (Lipinski definition) is 2. The predicted molar refractivity (Wildman–Crippen MR) is 121 cm³/mol. The SMILES string of the molecule is c1ccc(-c2nc(-c3ccc(N4CCCCC4)cc3)[nH]c2-c2ccccc2)cc1. The first kappa shape index (κ1) is 17.7. The molecule has 1 aliphatic rings. The van der Waals surface area contributed by atoms with Crippen LogP contribution in [-0.4, -0.2) is 23.1 Å². The number of rotatable bonds is 4. The molecule has 0 atom stereocenters. The Hall–Kier alpha value is -3.33. The van der Waals surface area contributed by atoms with Crippen LogP contribution in [0.25, 0.3) is 33.9 Å². The van der Waals surface area contributed by atoms with E-state index in [0.29, 0.717) is 0 Å². The van der Waals surface area contributed by atoms with Crippen molar-refractivity contribution in [2.24, 2.45) is 0 Å². The minimum atomic E-state index is 0.910. The van der Waals surface area contributed by atoms with E-state index >= 15 is 0 Å². The lowest BCUT2D eigenvalue weighted by molar-refractivity contribution is 0.578. The zero-order chi connectivity index (χ0) is 19.5. The molecule has 0 unspecified atom stereocenters. The lowest BCUT2D eigenvalue weighted by Gasteiger charge is -2.28. The van der Waals surface area contributed by atoms with E-state index in [0.717, 1.165) is 47.0 Å². The van der Waals surface area contributed by atoms with Crippen LogP contribution in [0, 0.1) is 0 Å². The molecule has 4 aromatic rings. The lowest BCUT2D eigenvalue weighted by Crippen LogP contribution is -2.29. The first-order chi connectivity index (χ1) is 14.4. The fraction of sp³-hybridized carbons (Fsp3) is 0.192. The van der Waals surface area contributed by atoms with Crippen molar-refractivity contribution in [2.45, 2.75) is 19.3 Å². The minimum absolute atomic E-state index is 0.910. The Morgan fingerprint density at radius 2 is 1.24 bits per heavy atom. The Labute approximate surface area is 172 Å². The molecule has 0 bridgehead atoms. The first-order valence-corrected chi connectivity index (χ1v) is 10.4. The smallest absolute Gasteiger partial charge is 0.138 e. The summed E-state index contributed by atoms with van der Waals surface area (Å²) in [5, 5.41) is 0. The molecule has 1 aromatic heterocycles. The zero-order valence-corrected chi connectivity index (χ0v) is 16.5. The van der Waals surface area contributed by atoms with Crippen LogP contribution in [0.1, 0.15) is 19.3 Å². The number of hydrogen-bond donors (Lipinski definition) is 1. The summed E-state index contributed by atoms with van der Waals surface area (Å²) in [5.41, 5.74) is 6.75. The van der Waals surface area contributed by atoms with E-state index in [1.165, 1.54) is 24.9 Å². The zero-order valence-electron chi connectivity index (χ0n) is 16.5. The maximum atomic E-state index is 5.00. The molecule has 0 saturated carbocycles. The molecule has 2 heterocycles. The topological polar surface area (TPSA) is 31.9 Å². The minimum Gasteiger partial charge on any atom is -0.372 e.